The largest absolute Gasteiger partial charge is 0.399 e. The van der Waals surface area contributed by atoms with Crippen LogP contribution in [0.3, 0.4) is 0 Å². The van der Waals surface area contributed by atoms with Gasteiger partial charge in [-0.25, -0.2) is 0 Å². The molecule has 2 heteroatoms. The standard InChI is InChI=1S/C20H30N2/c1-15(13-14-16(2)17(3)18(4)21)9-5-8-12-20(22)19-10-6-7-11-19/h5,8,13-14,19-20H,1-4,6-7,9-12,21-22H2. The van der Waals surface area contributed by atoms with Crippen molar-refractivity contribution in [3.63, 3.8) is 0 Å². The highest BCUT2D eigenvalue weighted by atomic mass is 14.6. The summed E-state index contributed by atoms with van der Waals surface area (Å²) in [6, 6.07) is 0.307. The Morgan fingerprint density at radius 3 is 2.27 bits per heavy atom. The lowest BCUT2D eigenvalue weighted by atomic mass is 9.96. The van der Waals surface area contributed by atoms with Crippen molar-refractivity contribution in [2.24, 2.45) is 17.4 Å². The fourth-order valence-corrected chi connectivity index (χ4v) is 2.66. The Labute approximate surface area is 135 Å². The molecule has 1 aliphatic carbocycles. The van der Waals surface area contributed by atoms with Gasteiger partial charge in [0.15, 0.2) is 0 Å². The maximum absolute atomic E-state index is 6.23. The first-order chi connectivity index (χ1) is 10.4. The summed E-state index contributed by atoms with van der Waals surface area (Å²) in [5.41, 5.74) is 14.7. The first kappa shape index (κ1) is 18.2. The predicted molar refractivity (Wildman–Crippen MR) is 98.2 cm³/mol. The molecule has 1 aliphatic rings. The van der Waals surface area contributed by atoms with E-state index in [0.717, 1.165) is 24.0 Å². The monoisotopic (exact) mass is 298 g/mol. The van der Waals surface area contributed by atoms with Gasteiger partial charge in [-0.05, 0) is 42.7 Å². The van der Waals surface area contributed by atoms with Crippen LogP contribution in [0.25, 0.3) is 0 Å². The molecular formula is C20H30N2. The second-order valence-corrected chi connectivity index (χ2v) is 6.14. The molecule has 0 aromatic heterocycles. The van der Waals surface area contributed by atoms with Crippen molar-refractivity contribution in [3.05, 3.63) is 73.0 Å². The third kappa shape index (κ3) is 6.31. The third-order valence-electron chi connectivity index (χ3n) is 4.26. The number of allylic oxidation sites excluding steroid dienone is 5. The third-order valence-corrected chi connectivity index (χ3v) is 4.26. The Hall–Kier alpha value is -1.80. The average molecular weight is 298 g/mol. The van der Waals surface area contributed by atoms with Crippen LogP contribution in [-0.4, -0.2) is 6.04 Å². The van der Waals surface area contributed by atoms with E-state index in [1.807, 2.05) is 12.2 Å². The van der Waals surface area contributed by atoms with Crippen molar-refractivity contribution < 1.29 is 0 Å². The van der Waals surface area contributed by atoms with Crippen molar-refractivity contribution in [2.45, 2.75) is 44.6 Å². The minimum atomic E-state index is 0.307. The zero-order chi connectivity index (χ0) is 16.5. The van der Waals surface area contributed by atoms with Crippen LogP contribution in [0.4, 0.5) is 0 Å². The van der Waals surface area contributed by atoms with Crippen LogP contribution in [-0.2, 0) is 0 Å². The summed E-state index contributed by atoms with van der Waals surface area (Å²) < 4.78 is 0. The van der Waals surface area contributed by atoms with Gasteiger partial charge in [0.05, 0.1) is 0 Å². The van der Waals surface area contributed by atoms with Crippen molar-refractivity contribution >= 4 is 0 Å². The maximum atomic E-state index is 6.23. The van der Waals surface area contributed by atoms with Crippen molar-refractivity contribution in [1.82, 2.24) is 0 Å². The second kappa shape index (κ2) is 9.26. The van der Waals surface area contributed by atoms with E-state index in [4.69, 9.17) is 11.5 Å². The topological polar surface area (TPSA) is 52.0 Å². The highest BCUT2D eigenvalue weighted by Gasteiger charge is 2.20. The van der Waals surface area contributed by atoms with E-state index in [2.05, 4.69) is 38.5 Å². The lowest BCUT2D eigenvalue weighted by molar-refractivity contribution is 0.434. The summed E-state index contributed by atoms with van der Waals surface area (Å²) in [5, 5.41) is 0. The normalized spacial score (nSPS) is 17.1. The Kier molecular flexibility index (Phi) is 7.69. The van der Waals surface area contributed by atoms with Crippen LogP contribution in [0.2, 0.25) is 0 Å². The van der Waals surface area contributed by atoms with Gasteiger partial charge >= 0.3 is 0 Å². The molecule has 1 fully saturated rings. The van der Waals surface area contributed by atoms with E-state index in [0.29, 0.717) is 23.2 Å². The molecule has 1 rings (SSSR count). The number of hydrogen-bond donors (Lipinski definition) is 2. The van der Waals surface area contributed by atoms with Crippen molar-refractivity contribution in [2.75, 3.05) is 0 Å². The molecule has 0 spiro atoms. The van der Waals surface area contributed by atoms with Gasteiger partial charge in [0, 0.05) is 11.7 Å². The molecule has 0 heterocycles. The molecule has 0 bridgehead atoms. The zero-order valence-electron chi connectivity index (χ0n) is 13.7. The lowest BCUT2D eigenvalue weighted by Gasteiger charge is -2.16. The first-order valence-electron chi connectivity index (χ1n) is 8.01. The minimum absolute atomic E-state index is 0.307. The Bertz CT molecular complexity index is 488. The van der Waals surface area contributed by atoms with E-state index in [1.54, 1.807) is 0 Å². The summed E-state index contributed by atoms with van der Waals surface area (Å²) in [7, 11) is 0. The molecule has 22 heavy (non-hydrogen) atoms. The number of rotatable bonds is 9. The molecule has 1 unspecified atom stereocenters. The molecule has 1 saturated carbocycles. The average Bonchev–Trinajstić information content (AvgIpc) is 3.02. The number of nitrogens with two attached hydrogens (primary N) is 2. The van der Waals surface area contributed by atoms with E-state index >= 15 is 0 Å². The highest BCUT2D eigenvalue weighted by Crippen LogP contribution is 2.28. The summed E-state index contributed by atoms with van der Waals surface area (Å²) in [6.07, 6.45) is 15.2. The molecule has 0 aromatic carbocycles. The molecule has 0 aromatic rings. The number of hydrogen-bond acceptors (Lipinski definition) is 2. The van der Waals surface area contributed by atoms with Gasteiger partial charge in [-0.2, -0.15) is 0 Å². The summed E-state index contributed by atoms with van der Waals surface area (Å²) in [4.78, 5) is 0. The maximum Gasteiger partial charge on any atom is 0.0314 e. The van der Waals surface area contributed by atoms with E-state index in [1.165, 1.54) is 25.7 Å². The summed E-state index contributed by atoms with van der Waals surface area (Å²) >= 11 is 0. The van der Waals surface area contributed by atoms with Gasteiger partial charge in [-0.3, -0.25) is 0 Å². The zero-order valence-corrected chi connectivity index (χ0v) is 13.7. The van der Waals surface area contributed by atoms with Crippen LogP contribution >= 0.6 is 0 Å². The van der Waals surface area contributed by atoms with Crippen molar-refractivity contribution in [1.29, 1.82) is 0 Å². The van der Waals surface area contributed by atoms with Gasteiger partial charge < -0.3 is 11.5 Å². The van der Waals surface area contributed by atoms with Gasteiger partial charge in [-0.1, -0.05) is 69.0 Å². The molecule has 1 atom stereocenters. The molecule has 0 radical (unpaired) electrons. The quantitative estimate of drug-likeness (QED) is 0.485. The van der Waals surface area contributed by atoms with E-state index < -0.39 is 0 Å². The first-order valence-corrected chi connectivity index (χ1v) is 8.01. The fourth-order valence-electron chi connectivity index (χ4n) is 2.66. The van der Waals surface area contributed by atoms with Gasteiger partial charge in [0.25, 0.3) is 0 Å². The summed E-state index contributed by atoms with van der Waals surface area (Å²) in [5.74, 6) is 0.714. The van der Waals surface area contributed by atoms with E-state index in [9.17, 15) is 0 Å². The Balaban J connectivity index is 2.30. The van der Waals surface area contributed by atoms with Gasteiger partial charge in [0.1, 0.15) is 0 Å². The van der Waals surface area contributed by atoms with Crippen LogP contribution in [0.5, 0.6) is 0 Å². The minimum Gasteiger partial charge on any atom is -0.399 e. The predicted octanol–water partition coefficient (Wildman–Crippen LogP) is 4.54. The molecule has 0 aliphatic heterocycles. The van der Waals surface area contributed by atoms with Crippen molar-refractivity contribution in [3.8, 4) is 0 Å². The highest BCUT2D eigenvalue weighted by molar-refractivity contribution is 5.47. The summed E-state index contributed by atoms with van der Waals surface area (Å²) in [6.45, 7) is 15.4. The van der Waals surface area contributed by atoms with Gasteiger partial charge in [-0.15, -0.1) is 0 Å². The molecule has 0 saturated heterocycles. The molecule has 2 nitrogen and oxygen atoms in total. The fraction of sp³-hybridized carbons (Fsp3) is 0.400. The Morgan fingerprint density at radius 2 is 1.68 bits per heavy atom. The van der Waals surface area contributed by atoms with Crippen LogP contribution in [0, 0.1) is 5.92 Å². The SMILES string of the molecule is C=C(C=CC(=C)C(=C)C(=C)N)CC=CCC(N)C1CCCC1. The lowest BCUT2D eigenvalue weighted by Crippen LogP contribution is -2.27. The second-order valence-electron chi connectivity index (χ2n) is 6.14. The molecule has 120 valence electrons. The van der Waals surface area contributed by atoms with Crippen LogP contribution in [0.15, 0.2) is 73.0 Å². The Morgan fingerprint density at radius 1 is 1.05 bits per heavy atom. The molecular weight excluding hydrogens is 268 g/mol. The van der Waals surface area contributed by atoms with Crippen LogP contribution in [0.1, 0.15) is 38.5 Å². The smallest absolute Gasteiger partial charge is 0.0314 e. The molecule has 4 N–H and O–H groups in total. The van der Waals surface area contributed by atoms with Crippen LogP contribution < -0.4 is 11.5 Å². The van der Waals surface area contributed by atoms with Gasteiger partial charge in [0.2, 0.25) is 0 Å². The van der Waals surface area contributed by atoms with E-state index in [-0.39, 0.29) is 0 Å². The molecule has 0 amide bonds.